The van der Waals surface area contributed by atoms with Gasteiger partial charge in [-0.2, -0.15) is 0 Å². The molecule has 1 aliphatic carbocycles. The molecule has 0 saturated heterocycles. The lowest BCUT2D eigenvalue weighted by Gasteiger charge is -2.11. The van der Waals surface area contributed by atoms with Crippen LogP contribution < -0.4 is 4.74 Å². The van der Waals surface area contributed by atoms with Crippen LogP contribution >= 0.6 is 0 Å². The maximum Gasteiger partial charge on any atom is 0.339 e. The second-order valence-corrected chi connectivity index (χ2v) is 5.70. The number of nitrogens with one attached hydrogen (secondary N) is 1. The average molecular weight is 309 g/mol. The highest BCUT2D eigenvalue weighted by Crippen LogP contribution is 2.35. The van der Waals surface area contributed by atoms with E-state index < -0.39 is 5.97 Å². The molecular formula is C17H15N3O3. The second-order valence-electron chi connectivity index (χ2n) is 5.70. The average Bonchev–Trinajstić information content (AvgIpc) is 3.29. The van der Waals surface area contributed by atoms with E-state index >= 15 is 0 Å². The largest absolute Gasteiger partial charge is 0.493 e. The normalized spacial score (nSPS) is 14.1. The van der Waals surface area contributed by atoms with Crippen LogP contribution in [0, 0.1) is 5.92 Å². The van der Waals surface area contributed by atoms with Gasteiger partial charge in [0.15, 0.2) is 0 Å². The Hall–Kier alpha value is -2.89. The first kappa shape index (κ1) is 13.8. The van der Waals surface area contributed by atoms with Crippen molar-refractivity contribution in [2.75, 3.05) is 6.61 Å². The quantitative estimate of drug-likeness (QED) is 0.756. The maximum absolute atomic E-state index is 11.3. The lowest BCUT2D eigenvalue weighted by atomic mass is 10.1. The fourth-order valence-electron chi connectivity index (χ4n) is 2.59. The molecule has 1 fully saturated rings. The fraction of sp³-hybridized carbons (Fsp3) is 0.235. The van der Waals surface area contributed by atoms with Crippen LogP contribution in [-0.2, 0) is 0 Å². The number of rotatable bonds is 5. The van der Waals surface area contributed by atoms with Gasteiger partial charge in [-0.3, -0.25) is 0 Å². The van der Waals surface area contributed by atoms with Crippen LogP contribution in [0.15, 0.2) is 36.8 Å². The summed E-state index contributed by atoms with van der Waals surface area (Å²) >= 11 is 0. The summed E-state index contributed by atoms with van der Waals surface area (Å²) in [6.45, 7) is 0.705. The second kappa shape index (κ2) is 5.39. The smallest absolute Gasteiger partial charge is 0.339 e. The molecular weight excluding hydrogens is 294 g/mol. The van der Waals surface area contributed by atoms with Crippen LogP contribution in [0.3, 0.4) is 0 Å². The molecule has 0 spiro atoms. The number of benzene rings is 1. The molecule has 0 atom stereocenters. The third-order valence-electron chi connectivity index (χ3n) is 4.01. The molecule has 6 heteroatoms. The predicted molar refractivity (Wildman–Crippen MR) is 84.5 cm³/mol. The Morgan fingerprint density at radius 2 is 2.13 bits per heavy atom. The van der Waals surface area contributed by atoms with Crippen molar-refractivity contribution in [2.24, 2.45) is 5.92 Å². The Bertz CT molecular complexity index is 884. The van der Waals surface area contributed by atoms with E-state index in [0.717, 1.165) is 11.3 Å². The topological polar surface area (TPSA) is 88.1 Å². The van der Waals surface area contributed by atoms with Gasteiger partial charge in [-0.15, -0.1) is 0 Å². The van der Waals surface area contributed by atoms with E-state index in [4.69, 9.17) is 4.74 Å². The minimum atomic E-state index is -1.01. The summed E-state index contributed by atoms with van der Waals surface area (Å²) in [6.07, 6.45) is 5.27. The van der Waals surface area contributed by atoms with Gasteiger partial charge in [-0.05, 0) is 30.9 Å². The molecule has 2 N–H and O–H groups in total. The summed E-state index contributed by atoms with van der Waals surface area (Å²) < 4.78 is 5.93. The van der Waals surface area contributed by atoms with Crippen LogP contribution in [0.5, 0.6) is 5.75 Å². The van der Waals surface area contributed by atoms with Crippen molar-refractivity contribution in [3.8, 4) is 17.0 Å². The Morgan fingerprint density at radius 3 is 2.91 bits per heavy atom. The Morgan fingerprint density at radius 1 is 1.30 bits per heavy atom. The van der Waals surface area contributed by atoms with Gasteiger partial charge in [0, 0.05) is 11.8 Å². The van der Waals surface area contributed by atoms with Gasteiger partial charge >= 0.3 is 5.97 Å². The first-order chi connectivity index (χ1) is 11.2. The lowest BCUT2D eigenvalue weighted by Crippen LogP contribution is -2.01. The van der Waals surface area contributed by atoms with Crippen molar-refractivity contribution >= 4 is 17.0 Å². The number of carbonyl (C=O) groups is 1. The molecule has 2 heterocycles. The summed E-state index contributed by atoms with van der Waals surface area (Å²) in [5.41, 5.74) is 2.63. The van der Waals surface area contributed by atoms with Crippen LogP contribution in [0.1, 0.15) is 23.2 Å². The van der Waals surface area contributed by atoms with E-state index in [2.05, 4.69) is 15.0 Å². The van der Waals surface area contributed by atoms with Gasteiger partial charge in [0.1, 0.15) is 28.9 Å². The zero-order chi connectivity index (χ0) is 15.8. The number of aromatic nitrogens is 3. The SMILES string of the molecule is O=C(O)c1c[nH]c2c(-c3ccccc3OCC3CC3)ncnc12. The van der Waals surface area contributed by atoms with Gasteiger partial charge in [-0.1, -0.05) is 12.1 Å². The number of hydrogen-bond donors (Lipinski definition) is 2. The molecule has 1 saturated carbocycles. The Kier molecular flexibility index (Phi) is 3.22. The number of H-pyrrole nitrogens is 1. The highest BCUT2D eigenvalue weighted by molar-refractivity contribution is 6.04. The number of hydrogen-bond acceptors (Lipinski definition) is 4. The molecule has 6 nitrogen and oxygen atoms in total. The van der Waals surface area contributed by atoms with Crippen LogP contribution in [0.4, 0.5) is 0 Å². The number of ether oxygens (including phenoxy) is 1. The summed E-state index contributed by atoms with van der Waals surface area (Å²) in [4.78, 5) is 22.7. The lowest BCUT2D eigenvalue weighted by molar-refractivity contribution is 0.0699. The van der Waals surface area contributed by atoms with Crippen LogP contribution in [0.25, 0.3) is 22.3 Å². The molecule has 1 aliphatic rings. The number of nitrogens with zero attached hydrogens (tertiary/aromatic N) is 2. The zero-order valence-electron chi connectivity index (χ0n) is 12.3. The van der Waals surface area contributed by atoms with E-state index in [-0.39, 0.29) is 5.56 Å². The van der Waals surface area contributed by atoms with Gasteiger partial charge in [-0.25, -0.2) is 14.8 Å². The van der Waals surface area contributed by atoms with Crippen molar-refractivity contribution in [1.29, 1.82) is 0 Å². The molecule has 0 bridgehead atoms. The minimum absolute atomic E-state index is 0.139. The van der Waals surface area contributed by atoms with Crippen molar-refractivity contribution < 1.29 is 14.6 Å². The summed E-state index contributed by atoms with van der Waals surface area (Å²) in [7, 11) is 0. The summed E-state index contributed by atoms with van der Waals surface area (Å²) in [6, 6.07) is 7.66. The number of para-hydroxylation sites is 1. The highest BCUT2D eigenvalue weighted by Gasteiger charge is 2.23. The molecule has 0 unspecified atom stereocenters. The number of carboxylic acids is 1. The van der Waals surface area contributed by atoms with Crippen LogP contribution in [0.2, 0.25) is 0 Å². The highest BCUT2D eigenvalue weighted by atomic mass is 16.5. The van der Waals surface area contributed by atoms with Gasteiger partial charge in [0.05, 0.1) is 12.1 Å². The molecule has 0 radical (unpaired) electrons. The molecule has 1 aromatic carbocycles. The first-order valence-electron chi connectivity index (χ1n) is 7.51. The Labute approximate surface area is 132 Å². The van der Waals surface area contributed by atoms with Crippen molar-refractivity contribution in [3.05, 3.63) is 42.4 Å². The van der Waals surface area contributed by atoms with Crippen molar-refractivity contribution in [1.82, 2.24) is 15.0 Å². The predicted octanol–water partition coefficient (Wildman–Crippen LogP) is 3.11. The van der Waals surface area contributed by atoms with Gasteiger partial charge in [0.2, 0.25) is 0 Å². The molecule has 0 aliphatic heterocycles. The molecule has 23 heavy (non-hydrogen) atoms. The monoisotopic (exact) mass is 309 g/mol. The molecule has 2 aromatic heterocycles. The molecule has 3 aromatic rings. The maximum atomic E-state index is 11.3. The van der Waals surface area contributed by atoms with E-state index in [1.165, 1.54) is 25.4 Å². The molecule has 116 valence electrons. The standard InChI is InChI=1S/C17H15N3O3/c21-17(22)12-7-18-16-14(19-9-20-15(12)16)11-3-1-2-4-13(11)23-8-10-5-6-10/h1-4,7,9-10,18H,5-6,8H2,(H,21,22). The van der Waals surface area contributed by atoms with E-state index in [0.29, 0.717) is 29.3 Å². The van der Waals surface area contributed by atoms with Crippen molar-refractivity contribution in [2.45, 2.75) is 12.8 Å². The first-order valence-corrected chi connectivity index (χ1v) is 7.51. The third kappa shape index (κ3) is 2.52. The van der Waals surface area contributed by atoms with Gasteiger partial charge < -0.3 is 14.8 Å². The number of aromatic amines is 1. The number of fused-ring (bicyclic) bond motifs is 1. The van der Waals surface area contributed by atoms with E-state index in [9.17, 15) is 9.90 Å². The summed E-state index contributed by atoms with van der Waals surface area (Å²) in [5, 5.41) is 9.23. The number of aromatic carboxylic acids is 1. The fourth-order valence-corrected chi connectivity index (χ4v) is 2.59. The minimum Gasteiger partial charge on any atom is -0.493 e. The Balaban J connectivity index is 1.81. The van der Waals surface area contributed by atoms with Crippen LogP contribution in [-0.4, -0.2) is 32.6 Å². The van der Waals surface area contributed by atoms with Gasteiger partial charge in [0.25, 0.3) is 0 Å². The van der Waals surface area contributed by atoms with E-state index in [1.54, 1.807) is 0 Å². The summed E-state index contributed by atoms with van der Waals surface area (Å²) in [5.74, 6) is 0.391. The van der Waals surface area contributed by atoms with Crippen molar-refractivity contribution in [3.63, 3.8) is 0 Å². The molecule has 0 amide bonds. The van der Waals surface area contributed by atoms with E-state index in [1.807, 2.05) is 24.3 Å². The molecule has 4 rings (SSSR count). The third-order valence-corrected chi connectivity index (χ3v) is 4.01. The number of carboxylic acid groups (broad SMARTS) is 1. The zero-order valence-corrected chi connectivity index (χ0v) is 12.3.